The first-order valence-corrected chi connectivity index (χ1v) is 0. The summed E-state index contributed by atoms with van der Waals surface area (Å²) in [5.74, 6) is 0. The fourth-order valence-corrected chi connectivity index (χ4v) is 0. The molecule has 0 fully saturated rings. The van der Waals surface area contributed by atoms with Crippen LogP contribution in [0.4, 0.5) is 0 Å². The first kappa shape index (κ1) is 211. The molecule has 0 aliphatic heterocycles. The van der Waals surface area contributed by atoms with Gasteiger partial charge in [-0.3, -0.25) is 0 Å². The topological polar surface area (TPSA) is 126 Å². The molecule has 0 atom stereocenters. The predicted molar refractivity (Wildman–Crippen MR) is 20.2 cm³/mol. The van der Waals surface area contributed by atoms with Crippen LogP contribution in [-0.2, 0) is 21.1 Å². The molecule has 0 saturated heterocycles. The van der Waals surface area contributed by atoms with Crippen LogP contribution in [-0.4, -0.2) is 40.8 Å². The molecular weight excluding hydrogens is 255 g/mol. The van der Waals surface area contributed by atoms with Crippen LogP contribution in [0.25, 0.3) is 0 Å². The molecule has 0 aliphatic rings. The van der Waals surface area contributed by atoms with Gasteiger partial charge in [-0.2, -0.15) is 0 Å². The van der Waals surface area contributed by atoms with Gasteiger partial charge in [-0.15, -0.1) is 0 Å². The zero-order valence-electron chi connectivity index (χ0n) is 3.41. The Balaban J connectivity index is 0. The summed E-state index contributed by atoms with van der Waals surface area (Å²) in [4.78, 5) is 0. The molecule has 39 valence electrons. The van der Waals surface area contributed by atoms with Crippen molar-refractivity contribution in [2.24, 2.45) is 0 Å². The Kier molecular flexibility index (Phi) is 4470. The van der Waals surface area contributed by atoms with Gasteiger partial charge in [0.1, 0.15) is 0 Å². The Morgan fingerprint density at radius 2 is 0.500 bits per heavy atom. The van der Waals surface area contributed by atoms with Crippen molar-refractivity contribution in [3.05, 3.63) is 0 Å². The molecule has 1 radical (unpaired) electrons. The SMILES string of the molecule is O.O.O.O.[Li].[W]. The Bertz CT molecular complexity index is 7.51. The molecule has 8 N–H and O–H groups in total. The summed E-state index contributed by atoms with van der Waals surface area (Å²) in [6.45, 7) is 0. The smallest absolute Gasteiger partial charge is 0 e. The number of hydrogen-bond acceptors (Lipinski definition) is 0. The van der Waals surface area contributed by atoms with Crippen molar-refractivity contribution in [3.8, 4) is 0 Å². The van der Waals surface area contributed by atoms with Gasteiger partial charge in [0.25, 0.3) is 0 Å². The van der Waals surface area contributed by atoms with Gasteiger partial charge in [-0.05, 0) is 0 Å². The second-order valence-corrected chi connectivity index (χ2v) is 0. The zero-order valence-corrected chi connectivity index (χ0v) is 6.34. The molecule has 0 aliphatic carbocycles. The molecule has 0 saturated carbocycles. The quantitative estimate of drug-likeness (QED) is 0.399. The zero-order chi connectivity index (χ0) is 0. The van der Waals surface area contributed by atoms with Gasteiger partial charge in [-0.25, -0.2) is 0 Å². The van der Waals surface area contributed by atoms with E-state index in [1.165, 1.54) is 0 Å². The van der Waals surface area contributed by atoms with E-state index in [4.69, 9.17) is 0 Å². The van der Waals surface area contributed by atoms with Crippen molar-refractivity contribution in [1.29, 1.82) is 0 Å². The first-order chi connectivity index (χ1) is 0. The van der Waals surface area contributed by atoms with Crippen LogP contribution < -0.4 is 0 Å². The van der Waals surface area contributed by atoms with Gasteiger partial charge >= 0.3 is 0 Å². The monoisotopic (exact) mass is 263 g/mol. The van der Waals surface area contributed by atoms with Gasteiger partial charge in [0, 0.05) is 39.9 Å². The van der Waals surface area contributed by atoms with Crippen molar-refractivity contribution in [1.82, 2.24) is 0 Å². The van der Waals surface area contributed by atoms with Gasteiger partial charge < -0.3 is 21.9 Å². The molecule has 4 nitrogen and oxygen atoms in total. The van der Waals surface area contributed by atoms with Gasteiger partial charge in [0.05, 0.1) is 0 Å². The maximum absolute atomic E-state index is 0. The van der Waals surface area contributed by atoms with Crippen molar-refractivity contribution >= 4 is 18.9 Å². The third-order valence-corrected chi connectivity index (χ3v) is 0. The van der Waals surface area contributed by atoms with Crippen LogP contribution in [0, 0.1) is 0 Å². The molecule has 0 bridgehead atoms. The van der Waals surface area contributed by atoms with Crippen LogP contribution in [0.3, 0.4) is 0 Å². The molecule has 6 heavy (non-hydrogen) atoms. The average Bonchev–Trinajstić information content (AvgIpc) is 0. The van der Waals surface area contributed by atoms with Crippen molar-refractivity contribution in [3.63, 3.8) is 0 Å². The summed E-state index contributed by atoms with van der Waals surface area (Å²) in [5.41, 5.74) is 0. The maximum Gasteiger partial charge on any atom is 0 e. The van der Waals surface area contributed by atoms with Crippen LogP contribution >= 0.6 is 0 Å². The van der Waals surface area contributed by atoms with E-state index >= 15 is 0 Å². The van der Waals surface area contributed by atoms with E-state index in [9.17, 15) is 0 Å². The van der Waals surface area contributed by atoms with Crippen LogP contribution in [0.5, 0.6) is 0 Å². The molecule has 0 amide bonds. The van der Waals surface area contributed by atoms with Crippen molar-refractivity contribution < 1.29 is 43.0 Å². The molecule has 0 aromatic heterocycles. The third-order valence-electron chi connectivity index (χ3n) is 0. The first-order valence-electron chi connectivity index (χ1n) is 0. The standard InChI is InChI=1S/Li.4H2O.W/h;4*1H2;. The Morgan fingerprint density at radius 3 is 0.500 bits per heavy atom. The Morgan fingerprint density at radius 1 is 0.500 bits per heavy atom. The summed E-state index contributed by atoms with van der Waals surface area (Å²) in [5, 5.41) is 0. The number of rotatable bonds is 0. The predicted octanol–water partition coefficient (Wildman–Crippen LogP) is -3.68. The molecule has 0 unspecified atom stereocenters. The van der Waals surface area contributed by atoms with Gasteiger partial charge in [0.15, 0.2) is 0 Å². The molecule has 0 aromatic rings. The van der Waals surface area contributed by atoms with Crippen molar-refractivity contribution in [2.75, 3.05) is 0 Å². The second-order valence-electron chi connectivity index (χ2n) is 0. The van der Waals surface area contributed by atoms with Crippen LogP contribution in [0.2, 0.25) is 0 Å². The van der Waals surface area contributed by atoms with E-state index in [1.54, 1.807) is 0 Å². The minimum atomic E-state index is 0. The summed E-state index contributed by atoms with van der Waals surface area (Å²) in [6, 6.07) is 0. The fourth-order valence-electron chi connectivity index (χ4n) is 0. The Labute approximate surface area is 62.0 Å². The molecule has 0 aromatic carbocycles. The molecule has 0 spiro atoms. The minimum Gasteiger partial charge on any atom is -0.412 e. The summed E-state index contributed by atoms with van der Waals surface area (Å²) in [6.07, 6.45) is 0. The summed E-state index contributed by atoms with van der Waals surface area (Å²) in [7, 11) is 0. The van der Waals surface area contributed by atoms with E-state index in [-0.39, 0.29) is 61.8 Å². The molecule has 0 heterocycles. The van der Waals surface area contributed by atoms with Gasteiger partial charge in [0.2, 0.25) is 0 Å². The van der Waals surface area contributed by atoms with Crippen molar-refractivity contribution in [2.45, 2.75) is 0 Å². The van der Waals surface area contributed by atoms with E-state index < -0.39 is 0 Å². The Hall–Kier alpha value is 1.13. The van der Waals surface area contributed by atoms with E-state index in [1.807, 2.05) is 0 Å². The third kappa shape index (κ3) is 68.8. The van der Waals surface area contributed by atoms with E-state index in [0.717, 1.165) is 0 Å². The fraction of sp³-hybridized carbons (Fsp3) is 0. The van der Waals surface area contributed by atoms with Gasteiger partial charge in [-0.1, -0.05) is 0 Å². The van der Waals surface area contributed by atoms with E-state index in [0.29, 0.717) is 0 Å². The minimum absolute atomic E-state index is 0. The number of hydrogen-bond donors (Lipinski definition) is 0. The molecular formula is H8LiO4W. The largest absolute Gasteiger partial charge is 0.412 e. The second kappa shape index (κ2) is 127. The molecule has 6 heteroatoms. The summed E-state index contributed by atoms with van der Waals surface area (Å²) >= 11 is 0. The average molecular weight is 263 g/mol. The van der Waals surface area contributed by atoms with Crippen LogP contribution in [0.1, 0.15) is 0 Å². The maximum atomic E-state index is 0. The normalized spacial score (nSPS) is 0. The summed E-state index contributed by atoms with van der Waals surface area (Å²) < 4.78 is 0. The molecule has 0 rings (SSSR count). The van der Waals surface area contributed by atoms with E-state index in [2.05, 4.69) is 0 Å². The van der Waals surface area contributed by atoms with Crippen LogP contribution in [0.15, 0.2) is 0 Å².